The topological polar surface area (TPSA) is 107 Å². The van der Waals surface area contributed by atoms with Gasteiger partial charge >= 0.3 is 0 Å². The lowest BCUT2D eigenvalue weighted by atomic mass is 10.2. The van der Waals surface area contributed by atoms with Crippen molar-refractivity contribution in [2.45, 2.75) is 6.54 Å². The van der Waals surface area contributed by atoms with Crippen molar-refractivity contribution in [3.63, 3.8) is 0 Å². The summed E-state index contributed by atoms with van der Waals surface area (Å²) in [6, 6.07) is 8.90. The van der Waals surface area contributed by atoms with Gasteiger partial charge in [-0.2, -0.15) is 0 Å². The second kappa shape index (κ2) is 6.35. The molecule has 0 saturated heterocycles. The lowest BCUT2D eigenvalue weighted by Gasteiger charge is -1.90. The molecule has 7 nitrogen and oxygen atoms in total. The summed E-state index contributed by atoms with van der Waals surface area (Å²) in [7, 11) is 0. The van der Waals surface area contributed by atoms with Crippen molar-refractivity contribution in [2.24, 2.45) is 0 Å². The van der Waals surface area contributed by atoms with E-state index in [1.807, 2.05) is 6.07 Å². The fourth-order valence-corrected chi connectivity index (χ4v) is 0.732. The van der Waals surface area contributed by atoms with Gasteiger partial charge in [-0.3, -0.25) is 10.1 Å². The average molecular weight is 200 g/mol. The van der Waals surface area contributed by atoms with Crippen LogP contribution in [0.3, 0.4) is 0 Å². The molecule has 0 aliphatic heterocycles. The van der Waals surface area contributed by atoms with Crippen LogP contribution in [0, 0.1) is 20.2 Å². The molecule has 0 aliphatic rings. The van der Waals surface area contributed by atoms with Crippen LogP contribution < -0.4 is 0 Å². The highest BCUT2D eigenvalue weighted by atomic mass is 16.9. The van der Waals surface area contributed by atoms with E-state index < -0.39 is 5.09 Å². The largest absolute Gasteiger partial charge is 0.328 e. The van der Waals surface area contributed by atoms with Crippen molar-refractivity contribution in [2.75, 3.05) is 0 Å². The summed E-state index contributed by atoms with van der Waals surface area (Å²) < 4.78 is 0. The highest BCUT2D eigenvalue weighted by Crippen LogP contribution is 1.98. The first kappa shape index (κ1) is 11.8. The predicted molar refractivity (Wildman–Crippen MR) is 45.9 cm³/mol. The molecule has 1 aromatic rings. The Hall–Kier alpha value is -2.18. The normalized spacial score (nSPS) is 8.29. The zero-order valence-electron chi connectivity index (χ0n) is 7.07. The van der Waals surface area contributed by atoms with Gasteiger partial charge in [0, 0.05) is 10.5 Å². The van der Waals surface area contributed by atoms with Crippen LogP contribution in [0.1, 0.15) is 5.56 Å². The van der Waals surface area contributed by atoms with Crippen LogP contribution in [0.2, 0.25) is 0 Å². The van der Waals surface area contributed by atoms with Gasteiger partial charge in [-0.25, -0.2) is 0 Å². The molecule has 0 unspecified atom stereocenters. The Bertz CT molecular complexity index is 296. The molecule has 0 bridgehead atoms. The third kappa shape index (κ3) is 7.92. The Labute approximate surface area is 78.9 Å². The maximum atomic E-state index is 9.97. The predicted octanol–water partition coefficient (Wildman–Crippen LogP) is 1.12. The third-order valence-electron chi connectivity index (χ3n) is 1.15. The lowest BCUT2D eigenvalue weighted by molar-refractivity contribution is -0.742. The summed E-state index contributed by atoms with van der Waals surface area (Å²) in [5, 5.41) is 23.6. The molecule has 0 aliphatic carbocycles. The highest BCUT2D eigenvalue weighted by Gasteiger charge is 1.97. The molecule has 1 N–H and O–H groups in total. The number of hydrogen-bond acceptors (Lipinski definition) is 4. The minimum Gasteiger partial charge on any atom is -0.328 e. The molecule has 0 spiro atoms. The number of benzene rings is 1. The SMILES string of the molecule is O=[N+]([O-])Cc1ccccc1.O=[N+]([O-])O. The molecule has 14 heavy (non-hydrogen) atoms. The molecule has 1 rings (SSSR count). The molecule has 0 aromatic heterocycles. The van der Waals surface area contributed by atoms with Gasteiger partial charge in [0.1, 0.15) is 0 Å². The number of rotatable bonds is 2. The summed E-state index contributed by atoms with van der Waals surface area (Å²) in [6.45, 7) is -0.0825. The maximum absolute atomic E-state index is 9.97. The van der Waals surface area contributed by atoms with Crippen LogP contribution >= 0.6 is 0 Å². The molecule has 0 saturated carbocycles. The van der Waals surface area contributed by atoms with Gasteiger partial charge < -0.3 is 5.21 Å². The van der Waals surface area contributed by atoms with Crippen LogP contribution in [0.4, 0.5) is 0 Å². The van der Waals surface area contributed by atoms with E-state index in [4.69, 9.17) is 15.3 Å². The second-order valence-corrected chi connectivity index (χ2v) is 2.21. The fraction of sp³-hybridized carbons (Fsp3) is 0.143. The smallest absolute Gasteiger partial charge is 0.291 e. The van der Waals surface area contributed by atoms with E-state index in [9.17, 15) is 10.1 Å². The molecule has 7 heteroatoms. The van der Waals surface area contributed by atoms with Gasteiger partial charge in [0.25, 0.3) is 5.09 Å². The molecule has 76 valence electrons. The standard InChI is InChI=1S/C7H7NO2.HNO3/c9-8(10)6-7-4-2-1-3-5-7;2-1(3)4/h1-5H,6H2;(H,2,3,4). The monoisotopic (exact) mass is 200 g/mol. The summed E-state index contributed by atoms with van der Waals surface area (Å²) in [4.78, 5) is 18.0. The molecule has 0 amide bonds. The third-order valence-corrected chi connectivity index (χ3v) is 1.15. The van der Waals surface area contributed by atoms with E-state index in [0.717, 1.165) is 5.56 Å². The summed E-state index contributed by atoms with van der Waals surface area (Å²) in [6.07, 6.45) is 0. The minimum absolute atomic E-state index is 0.0825. The number of nitro groups is 1. The molecule has 0 fully saturated rings. The van der Waals surface area contributed by atoms with Crippen molar-refractivity contribution < 1.29 is 15.2 Å². The first-order valence-corrected chi connectivity index (χ1v) is 3.51. The summed E-state index contributed by atoms with van der Waals surface area (Å²) in [5.74, 6) is 0. The van der Waals surface area contributed by atoms with Gasteiger partial charge in [-0.1, -0.05) is 30.3 Å². The maximum Gasteiger partial charge on any atom is 0.291 e. The molecule has 1 aromatic carbocycles. The van der Waals surface area contributed by atoms with Gasteiger partial charge in [-0.15, -0.1) is 10.1 Å². The lowest BCUT2D eigenvalue weighted by Crippen LogP contribution is -1.96. The second-order valence-electron chi connectivity index (χ2n) is 2.21. The van der Waals surface area contributed by atoms with Crippen LogP contribution in [0.15, 0.2) is 30.3 Å². The molecule has 0 heterocycles. The molecular weight excluding hydrogens is 192 g/mol. The van der Waals surface area contributed by atoms with Gasteiger partial charge in [0.05, 0.1) is 0 Å². The van der Waals surface area contributed by atoms with Crippen molar-refractivity contribution in [1.29, 1.82) is 0 Å². The van der Waals surface area contributed by atoms with Crippen molar-refractivity contribution in [3.05, 3.63) is 56.1 Å². The molecular formula is C7H8N2O5. The highest BCUT2D eigenvalue weighted by molar-refractivity contribution is 5.13. The molecule has 0 atom stereocenters. The average Bonchev–Trinajstić information content (AvgIpc) is 2.03. The summed E-state index contributed by atoms with van der Waals surface area (Å²) >= 11 is 0. The van der Waals surface area contributed by atoms with Gasteiger partial charge in [-0.05, 0) is 0 Å². The zero-order chi connectivity index (χ0) is 11.0. The first-order chi connectivity index (χ1) is 6.52. The van der Waals surface area contributed by atoms with Crippen molar-refractivity contribution in [3.8, 4) is 0 Å². The minimum atomic E-state index is -1.50. The first-order valence-electron chi connectivity index (χ1n) is 3.51. The van der Waals surface area contributed by atoms with Crippen LogP contribution in [-0.2, 0) is 6.54 Å². The van der Waals surface area contributed by atoms with E-state index in [1.54, 1.807) is 24.3 Å². The Morgan fingerprint density at radius 1 is 1.14 bits per heavy atom. The van der Waals surface area contributed by atoms with Crippen molar-refractivity contribution in [1.82, 2.24) is 0 Å². The Balaban J connectivity index is 0.000000364. The number of nitrogens with zero attached hydrogens (tertiary/aromatic N) is 2. The van der Waals surface area contributed by atoms with Gasteiger partial charge in [0.2, 0.25) is 6.54 Å². The van der Waals surface area contributed by atoms with E-state index in [-0.39, 0.29) is 11.5 Å². The Morgan fingerprint density at radius 2 is 1.57 bits per heavy atom. The van der Waals surface area contributed by atoms with Crippen LogP contribution in [0.5, 0.6) is 0 Å². The zero-order valence-corrected chi connectivity index (χ0v) is 7.07. The van der Waals surface area contributed by atoms with Crippen LogP contribution in [-0.4, -0.2) is 15.2 Å². The van der Waals surface area contributed by atoms with E-state index in [1.165, 1.54) is 0 Å². The number of hydrogen-bond donors (Lipinski definition) is 1. The fourth-order valence-electron chi connectivity index (χ4n) is 0.732. The van der Waals surface area contributed by atoms with Crippen molar-refractivity contribution >= 4 is 0 Å². The molecule has 0 radical (unpaired) electrons. The van der Waals surface area contributed by atoms with E-state index >= 15 is 0 Å². The Kier molecular flexibility index (Phi) is 5.36. The van der Waals surface area contributed by atoms with E-state index in [2.05, 4.69) is 0 Å². The summed E-state index contributed by atoms with van der Waals surface area (Å²) in [5.41, 5.74) is 0.743. The van der Waals surface area contributed by atoms with Gasteiger partial charge in [0.15, 0.2) is 0 Å². The van der Waals surface area contributed by atoms with Crippen LogP contribution in [0.25, 0.3) is 0 Å². The Morgan fingerprint density at radius 3 is 1.93 bits per heavy atom. The quantitative estimate of drug-likeness (QED) is 0.568. The van der Waals surface area contributed by atoms with E-state index in [0.29, 0.717) is 0 Å².